The number of halogens is 2. The lowest BCUT2D eigenvalue weighted by Crippen LogP contribution is -2.04. The maximum absolute atomic E-state index is 13.8. The molecule has 106 valence electrons. The van der Waals surface area contributed by atoms with Gasteiger partial charge in [-0.15, -0.1) is 0 Å². The molecule has 1 N–H and O–H groups in total. The van der Waals surface area contributed by atoms with Gasteiger partial charge in [0, 0.05) is 12.1 Å². The number of hydrogen-bond donors (Lipinski definition) is 1. The van der Waals surface area contributed by atoms with Crippen LogP contribution in [0.5, 0.6) is 0 Å². The molecular weight excluding hydrogens is 292 g/mol. The molecule has 0 bridgehead atoms. The molecule has 1 aromatic heterocycles. The SMILES string of the molecule is Fc1cccc(Cc2n[nH]c(=S)n2-c2ccccc2)c1F. The minimum absolute atomic E-state index is 0.144. The van der Waals surface area contributed by atoms with Crippen molar-refractivity contribution in [1.82, 2.24) is 14.8 Å². The first-order valence-electron chi connectivity index (χ1n) is 6.31. The Balaban J connectivity index is 2.05. The summed E-state index contributed by atoms with van der Waals surface area (Å²) in [6.07, 6.45) is 0.144. The molecule has 0 aliphatic carbocycles. The molecular formula is C15H11F2N3S. The molecule has 0 radical (unpaired) electrons. The highest BCUT2D eigenvalue weighted by Gasteiger charge is 2.13. The van der Waals surface area contributed by atoms with Crippen molar-refractivity contribution in [3.63, 3.8) is 0 Å². The van der Waals surface area contributed by atoms with Crippen LogP contribution < -0.4 is 0 Å². The molecule has 3 rings (SSSR count). The van der Waals surface area contributed by atoms with E-state index in [1.165, 1.54) is 12.1 Å². The van der Waals surface area contributed by atoms with E-state index in [2.05, 4.69) is 10.2 Å². The highest BCUT2D eigenvalue weighted by molar-refractivity contribution is 7.71. The van der Waals surface area contributed by atoms with Crippen molar-refractivity contribution < 1.29 is 8.78 Å². The zero-order valence-electron chi connectivity index (χ0n) is 10.9. The lowest BCUT2D eigenvalue weighted by Gasteiger charge is -2.07. The van der Waals surface area contributed by atoms with Gasteiger partial charge in [-0.3, -0.25) is 9.67 Å². The number of nitrogens with zero attached hydrogens (tertiary/aromatic N) is 2. The van der Waals surface area contributed by atoms with Crippen molar-refractivity contribution in [3.8, 4) is 5.69 Å². The normalized spacial score (nSPS) is 10.8. The van der Waals surface area contributed by atoms with E-state index >= 15 is 0 Å². The molecule has 0 aliphatic rings. The van der Waals surface area contributed by atoms with Crippen LogP contribution in [0.25, 0.3) is 5.69 Å². The molecule has 3 nitrogen and oxygen atoms in total. The molecule has 6 heteroatoms. The Bertz CT molecular complexity index is 824. The zero-order valence-corrected chi connectivity index (χ0v) is 11.7. The molecule has 0 fully saturated rings. The summed E-state index contributed by atoms with van der Waals surface area (Å²) in [7, 11) is 0. The number of benzene rings is 2. The number of para-hydroxylation sites is 1. The fraction of sp³-hybridized carbons (Fsp3) is 0.0667. The van der Waals surface area contributed by atoms with Crippen LogP contribution in [0.2, 0.25) is 0 Å². The van der Waals surface area contributed by atoms with E-state index in [1.807, 2.05) is 30.3 Å². The quantitative estimate of drug-likeness (QED) is 0.747. The minimum Gasteiger partial charge on any atom is -0.272 e. The average molecular weight is 303 g/mol. The van der Waals surface area contributed by atoms with Gasteiger partial charge >= 0.3 is 0 Å². The molecule has 0 saturated heterocycles. The van der Waals surface area contributed by atoms with Crippen LogP contribution in [-0.2, 0) is 6.42 Å². The van der Waals surface area contributed by atoms with Crippen LogP contribution in [0.1, 0.15) is 11.4 Å². The van der Waals surface area contributed by atoms with Gasteiger partial charge in [-0.25, -0.2) is 8.78 Å². The van der Waals surface area contributed by atoms with E-state index in [1.54, 1.807) is 4.57 Å². The van der Waals surface area contributed by atoms with E-state index in [0.717, 1.165) is 11.8 Å². The van der Waals surface area contributed by atoms with Crippen LogP contribution in [-0.4, -0.2) is 14.8 Å². The average Bonchev–Trinajstić information content (AvgIpc) is 2.86. The second-order valence-corrected chi connectivity index (χ2v) is 4.89. The fourth-order valence-corrected chi connectivity index (χ4v) is 2.40. The Morgan fingerprint density at radius 1 is 1.05 bits per heavy atom. The molecule has 0 spiro atoms. The number of rotatable bonds is 3. The smallest absolute Gasteiger partial charge is 0.199 e. The first-order chi connectivity index (χ1) is 10.2. The van der Waals surface area contributed by atoms with Gasteiger partial charge in [-0.1, -0.05) is 30.3 Å². The van der Waals surface area contributed by atoms with Crippen LogP contribution in [0.15, 0.2) is 48.5 Å². The lowest BCUT2D eigenvalue weighted by atomic mass is 10.1. The molecule has 0 amide bonds. The Kier molecular flexibility index (Phi) is 3.62. The van der Waals surface area contributed by atoms with Crippen molar-refractivity contribution in [3.05, 3.63) is 76.3 Å². The Labute approximate surface area is 124 Å². The highest BCUT2D eigenvalue weighted by atomic mass is 32.1. The highest BCUT2D eigenvalue weighted by Crippen LogP contribution is 2.17. The number of hydrogen-bond acceptors (Lipinski definition) is 2. The number of nitrogens with one attached hydrogen (secondary N) is 1. The van der Waals surface area contributed by atoms with E-state index in [4.69, 9.17) is 12.2 Å². The Morgan fingerprint density at radius 2 is 1.81 bits per heavy atom. The summed E-state index contributed by atoms with van der Waals surface area (Å²) in [5, 5.41) is 6.80. The molecule has 1 heterocycles. The summed E-state index contributed by atoms with van der Waals surface area (Å²) in [6, 6.07) is 13.5. The van der Waals surface area contributed by atoms with Crippen molar-refractivity contribution in [2.24, 2.45) is 0 Å². The predicted octanol–water partition coefficient (Wildman–Crippen LogP) is 3.80. The predicted molar refractivity (Wildman–Crippen MR) is 77.9 cm³/mol. The second-order valence-electron chi connectivity index (χ2n) is 4.51. The topological polar surface area (TPSA) is 33.6 Å². The van der Waals surface area contributed by atoms with Crippen molar-refractivity contribution in [2.75, 3.05) is 0 Å². The maximum atomic E-state index is 13.8. The van der Waals surface area contributed by atoms with Gasteiger partial charge in [-0.05, 0) is 36.0 Å². The van der Waals surface area contributed by atoms with Crippen LogP contribution in [0.3, 0.4) is 0 Å². The van der Waals surface area contributed by atoms with Gasteiger partial charge in [-0.2, -0.15) is 5.10 Å². The first kappa shape index (κ1) is 13.6. The van der Waals surface area contributed by atoms with E-state index < -0.39 is 11.6 Å². The summed E-state index contributed by atoms with van der Waals surface area (Å²) < 4.78 is 29.2. The maximum Gasteiger partial charge on any atom is 0.199 e. The molecule has 0 saturated carbocycles. The summed E-state index contributed by atoms with van der Waals surface area (Å²) in [6.45, 7) is 0. The van der Waals surface area contributed by atoms with Gasteiger partial charge < -0.3 is 0 Å². The number of aromatic amines is 1. The second kappa shape index (κ2) is 5.57. The van der Waals surface area contributed by atoms with Gasteiger partial charge in [0.25, 0.3) is 0 Å². The molecule has 0 aliphatic heterocycles. The van der Waals surface area contributed by atoms with Gasteiger partial charge in [0.05, 0.1) is 0 Å². The Morgan fingerprint density at radius 3 is 2.57 bits per heavy atom. The van der Waals surface area contributed by atoms with Crippen LogP contribution >= 0.6 is 12.2 Å². The lowest BCUT2D eigenvalue weighted by molar-refractivity contribution is 0.500. The molecule has 21 heavy (non-hydrogen) atoms. The molecule has 3 aromatic rings. The van der Waals surface area contributed by atoms with Gasteiger partial charge in [0.2, 0.25) is 0 Å². The number of aromatic nitrogens is 3. The summed E-state index contributed by atoms with van der Waals surface area (Å²) in [5.41, 5.74) is 1.06. The van der Waals surface area contributed by atoms with E-state index in [-0.39, 0.29) is 12.0 Å². The summed E-state index contributed by atoms with van der Waals surface area (Å²) in [5.74, 6) is -1.20. The van der Waals surface area contributed by atoms with Crippen molar-refractivity contribution in [1.29, 1.82) is 0 Å². The van der Waals surface area contributed by atoms with Crippen molar-refractivity contribution in [2.45, 2.75) is 6.42 Å². The summed E-state index contributed by atoms with van der Waals surface area (Å²) >= 11 is 5.21. The fourth-order valence-electron chi connectivity index (χ4n) is 2.15. The minimum atomic E-state index is -0.868. The van der Waals surface area contributed by atoms with E-state index in [0.29, 0.717) is 10.6 Å². The third kappa shape index (κ3) is 2.62. The zero-order chi connectivity index (χ0) is 14.8. The Hall–Kier alpha value is -2.34. The molecule has 0 atom stereocenters. The summed E-state index contributed by atoms with van der Waals surface area (Å²) in [4.78, 5) is 0. The van der Waals surface area contributed by atoms with Crippen LogP contribution in [0, 0.1) is 16.4 Å². The van der Waals surface area contributed by atoms with Gasteiger partial charge in [0.1, 0.15) is 5.82 Å². The number of H-pyrrole nitrogens is 1. The third-order valence-electron chi connectivity index (χ3n) is 3.14. The molecule has 0 unspecified atom stereocenters. The standard InChI is InChI=1S/C15H11F2N3S/c16-12-8-4-5-10(14(12)17)9-13-18-19-15(21)20(13)11-6-2-1-3-7-11/h1-8H,9H2,(H,19,21). The third-order valence-corrected chi connectivity index (χ3v) is 3.41. The van der Waals surface area contributed by atoms with Crippen LogP contribution in [0.4, 0.5) is 8.78 Å². The largest absolute Gasteiger partial charge is 0.272 e. The van der Waals surface area contributed by atoms with Gasteiger partial charge in [0.15, 0.2) is 16.4 Å². The van der Waals surface area contributed by atoms with Crippen molar-refractivity contribution >= 4 is 12.2 Å². The molecule has 2 aromatic carbocycles. The van der Waals surface area contributed by atoms with E-state index in [9.17, 15) is 8.78 Å². The first-order valence-corrected chi connectivity index (χ1v) is 6.72. The monoisotopic (exact) mass is 303 g/mol.